The fourth-order valence-electron chi connectivity index (χ4n) is 6.16. The van der Waals surface area contributed by atoms with Crippen LogP contribution in [0.2, 0.25) is 0 Å². The van der Waals surface area contributed by atoms with Crippen LogP contribution in [0.25, 0.3) is 78.0 Å². The number of fused-ring (bicyclic) bond motifs is 6. The van der Waals surface area contributed by atoms with Crippen LogP contribution >= 0.6 is 0 Å². The van der Waals surface area contributed by atoms with Gasteiger partial charge in [0, 0.05) is 0 Å². The van der Waals surface area contributed by atoms with Crippen molar-refractivity contribution < 1.29 is 8.83 Å². The Balaban J connectivity index is 1.57. The van der Waals surface area contributed by atoms with E-state index in [1.807, 2.05) is 36.4 Å². The summed E-state index contributed by atoms with van der Waals surface area (Å²) in [6, 6.07) is 46.4. The third kappa shape index (κ3) is 2.96. The zero-order valence-electron chi connectivity index (χ0n) is 21.4. The molecule has 3 heterocycles. The van der Waals surface area contributed by atoms with Crippen molar-refractivity contribution in [2.75, 3.05) is 0 Å². The molecule has 0 aliphatic carbocycles. The van der Waals surface area contributed by atoms with Gasteiger partial charge in [0.25, 0.3) is 0 Å². The van der Waals surface area contributed by atoms with E-state index >= 15 is 0 Å². The van der Waals surface area contributed by atoms with Crippen molar-refractivity contribution in [2.45, 2.75) is 0 Å². The molecule has 0 atom stereocenters. The second-order valence-electron chi connectivity index (χ2n) is 10.2. The van der Waals surface area contributed by atoms with Crippen LogP contribution in [0.3, 0.4) is 0 Å². The molecule has 4 heteroatoms. The Morgan fingerprint density at radius 2 is 0.725 bits per heavy atom. The summed E-state index contributed by atoms with van der Waals surface area (Å²) in [5.41, 5.74) is 14.0. The van der Waals surface area contributed by atoms with Gasteiger partial charge in [-0.25, -0.2) is 0 Å². The van der Waals surface area contributed by atoms with E-state index in [1.54, 1.807) is 0 Å². The van der Waals surface area contributed by atoms with Gasteiger partial charge in [0.2, 0.25) is 0 Å². The van der Waals surface area contributed by atoms with Gasteiger partial charge in [-0.05, 0) is 70.8 Å². The summed E-state index contributed by atoms with van der Waals surface area (Å²) in [5, 5.41) is 0. The highest BCUT2D eigenvalue weighted by molar-refractivity contribution is 6.03. The van der Waals surface area contributed by atoms with E-state index in [0.29, 0.717) is 0 Å². The first-order valence-corrected chi connectivity index (χ1v) is 13.4. The van der Waals surface area contributed by atoms with Crippen molar-refractivity contribution in [3.8, 4) is 33.6 Å². The minimum Gasteiger partial charge on any atom is -0.453 e. The molecular weight excluding hydrogens is 492 g/mol. The summed E-state index contributed by atoms with van der Waals surface area (Å²) >= 11 is 0. The predicted octanol–water partition coefficient (Wildman–Crippen LogP) is 9.84. The highest BCUT2D eigenvalue weighted by Gasteiger charge is 2.27. The van der Waals surface area contributed by atoms with Crippen molar-refractivity contribution in [1.29, 1.82) is 0 Å². The SMILES string of the molecule is c1ccc(-c2cc3oc4ccccc4n4c5cc(-c6ccccc6)cc6oc7ccccc7n(c(c2)c3-4)-c65)cc1. The highest BCUT2D eigenvalue weighted by Crippen LogP contribution is 2.44. The zero-order valence-corrected chi connectivity index (χ0v) is 21.4. The fourth-order valence-corrected chi connectivity index (χ4v) is 6.16. The number of para-hydroxylation sites is 4. The van der Waals surface area contributed by atoms with Crippen LogP contribution in [-0.2, 0) is 0 Å². The number of hydrogen-bond donors (Lipinski definition) is 0. The quantitative estimate of drug-likeness (QED) is 0.170. The molecule has 0 bridgehead atoms. The van der Waals surface area contributed by atoms with Crippen LogP contribution in [0.1, 0.15) is 0 Å². The molecular formula is C36H22N2O2. The molecule has 0 saturated carbocycles. The Morgan fingerprint density at radius 3 is 1.18 bits per heavy atom. The normalized spacial score (nSPS) is 12.0. The molecule has 0 saturated heterocycles. The van der Waals surface area contributed by atoms with Crippen molar-refractivity contribution in [2.24, 2.45) is 0 Å². The first kappa shape index (κ1) is 21.5. The molecule has 0 amide bonds. The number of benzene rings is 6. The molecule has 9 rings (SSSR count). The smallest absolute Gasteiger partial charge is 0.154 e. The van der Waals surface area contributed by atoms with Gasteiger partial charge in [-0.15, -0.1) is 0 Å². The third-order valence-electron chi connectivity index (χ3n) is 7.91. The molecule has 3 aliphatic heterocycles. The first-order chi connectivity index (χ1) is 19.8. The number of nitrogens with zero attached hydrogens (tertiary/aromatic N) is 2. The van der Waals surface area contributed by atoms with Gasteiger partial charge in [0.15, 0.2) is 22.3 Å². The molecule has 0 fully saturated rings. The van der Waals surface area contributed by atoms with E-state index in [2.05, 4.69) is 106 Å². The highest BCUT2D eigenvalue weighted by atomic mass is 16.3. The maximum absolute atomic E-state index is 6.65. The standard InChI is InChI=1S/C36H22N2O2/c1-3-11-23(12-4-1)25-19-29-35-33(21-25)39-31-17-9-8-16-28(31)38(35)30-20-26(24-13-5-2-6-14-24)22-34-36(30)37(29)27-15-7-10-18-32(27)40-34/h1-22H. The Hall–Kier alpha value is -5.48. The molecule has 0 N–H and O–H groups in total. The molecule has 4 nitrogen and oxygen atoms in total. The van der Waals surface area contributed by atoms with Gasteiger partial charge < -0.3 is 8.83 Å². The second-order valence-corrected chi connectivity index (χ2v) is 10.2. The number of rotatable bonds is 2. The lowest BCUT2D eigenvalue weighted by Gasteiger charge is -2.28. The van der Waals surface area contributed by atoms with Crippen LogP contribution in [-0.4, -0.2) is 9.13 Å². The van der Waals surface area contributed by atoms with Crippen LogP contribution in [0.15, 0.2) is 142 Å². The summed E-state index contributed by atoms with van der Waals surface area (Å²) in [4.78, 5) is 0. The first-order valence-electron chi connectivity index (χ1n) is 13.4. The molecule has 0 aromatic heterocycles. The van der Waals surface area contributed by atoms with Gasteiger partial charge in [-0.2, -0.15) is 0 Å². The van der Waals surface area contributed by atoms with Gasteiger partial charge in [0.05, 0.1) is 22.1 Å². The van der Waals surface area contributed by atoms with E-state index in [4.69, 9.17) is 8.83 Å². The molecule has 40 heavy (non-hydrogen) atoms. The van der Waals surface area contributed by atoms with Crippen LogP contribution in [0.4, 0.5) is 0 Å². The van der Waals surface area contributed by atoms with Gasteiger partial charge in [-0.3, -0.25) is 9.13 Å². The molecule has 3 aliphatic rings. The lowest BCUT2D eigenvalue weighted by molar-refractivity contribution is 0.640. The Labute approximate surface area is 229 Å². The van der Waals surface area contributed by atoms with E-state index in [9.17, 15) is 0 Å². The molecule has 6 aromatic carbocycles. The van der Waals surface area contributed by atoms with Gasteiger partial charge in [0.1, 0.15) is 11.4 Å². The number of aromatic nitrogens is 2. The van der Waals surface area contributed by atoms with E-state index in [1.165, 1.54) is 0 Å². The average Bonchev–Trinajstić information content (AvgIpc) is 3.02. The number of hydrogen-bond acceptors (Lipinski definition) is 2. The van der Waals surface area contributed by atoms with Crippen molar-refractivity contribution >= 4 is 44.4 Å². The van der Waals surface area contributed by atoms with Crippen molar-refractivity contribution in [3.63, 3.8) is 0 Å². The summed E-state index contributed by atoms with van der Waals surface area (Å²) in [7, 11) is 0. The molecule has 0 spiro atoms. The minimum absolute atomic E-state index is 0.829. The molecule has 188 valence electrons. The van der Waals surface area contributed by atoms with Crippen molar-refractivity contribution in [3.05, 3.63) is 133 Å². The summed E-state index contributed by atoms with van der Waals surface area (Å²) < 4.78 is 18.0. The van der Waals surface area contributed by atoms with Crippen LogP contribution in [0.5, 0.6) is 0 Å². The lowest BCUT2D eigenvalue weighted by atomic mass is 10.00. The monoisotopic (exact) mass is 514 g/mol. The van der Waals surface area contributed by atoms with Gasteiger partial charge in [-0.1, -0.05) is 84.9 Å². The topological polar surface area (TPSA) is 36.1 Å². The van der Waals surface area contributed by atoms with Crippen molar-refractivity contribution in [1.82, 2.24) is 9.13 Å². The lowest BCUT2D eigenvalue weighted by Crippen LogP contribution is -2.14. The largest absolute Gasteiger partial charge is 0.453 e. The zero-order chi connectivity index (χ0) is 26.2. The molecule has 0 unspecified atom stereocenters. The van der Waals surface area contributed by atoms with Gasteiger partial charge >= 0.3 is 0 Å². The van der Waals surface area contributed by atoms with Crippen LogP contribution in [0, 0.1) is 0 Å². The predicted molar refractivity (Wildman–Crippen MR) is 162 cm³/mol. The van der Waals surface area contributed by atoms with E-state index in [-0.39, 0.29) is 0 Å². The summed E-state index contributed by atoms with van der Waals surface area (Å²) in [6.45, 7) is 0. The third-order valence-corrected chi connectivity index (χ3v) is 7.91. The fraction of sp³-hybridized carbons (Fsp3) is 0. The molecule has 6 aromatic rings. The Morgan fingerprint density at radius 1 is 0.325 bits per heavy atom. The minimum atomic E-state index is 0.829. The van der Waals surface area contributed by atoms with E-state index < -0.39 is 0 Å². The molecule has 0 radical (unpaired) electrons. The second kappa shape index (κ2) is 8.01. The van der Waals surface area contributed by atoms with E-state index in [0.717, 1.165) is 78.0 Å². The Kier molecular flexibility index (Phi) is 4.30. The average molecular weight is 515 g/mol. The maximum atomic E-state index is 6.65. The summed E-state index contributed by atoms with van der Waals surface area (Å²) in [5.74, 6) is 0. The summed E-state index contributed by atoms with van der Waals surface area (Å²) in [6.07, 6.45) is 0. The maximum Gasteiger partial charge on any atom is 0.154 e. The Bertz CT molecular complexity index is 2150. The van der Waals surface area contributed by atoms with Crippen LogP contribution < -0.4 is 0 Å².